The fraction of sp³-hybridized carbons (Fsp3) is 0. The second kappa shape index (κ2) is 4.46. The van der Waals surface area contributed by atoms with E-state index in [1.165, 1.54) is 17.7 Å². The van der Waals surface area contributed by atoms with E-state index in [0.29, 0.717) is 25.9 Å². The van der Waals surface area contributed by atoms with Crippen molar-refractivity contribution < 1.29 is 5.11 Å². The normalized spacial score (nSPS) is 10.5. The van der Waals surface area contributed by atoms with Crippen molar-refractivity contribution in [3.63, 3.8) is 0 Å². The molecular formula is C12H5ClN4OS. The molecule has 1 N–H and O–H groups in total. The van der Waals surface area contributed by atoms with Crippen molar-refractivity contribution in [2.75, 3.05) is 0 Å². The van der Waals surface area contributed by atoms with Crippen LogP contribution in [0.1, 0.15) is 5.56 Å². The summed E-state index contributed by atoms with van der Waals surface area (Å²) >= 11 is 7.20. The fourth-order valence-electron chi connectivity index (χ4n) is 1.61. The first-order valence-electron chi connectivity index (χ1n) is 5.19. The number of rotatable bonds is 1. The zero-order valence-electron chi connectivity index (χ0n) is 9.33. The molecule has 0 saturated heterocycles. The predicted octanol–water partition coefficient (Wildman–Crippen LogP) is 2.98. The van der Waals surface area contributed by atoms with E-state index < -0.39 is 0 Å². The van der Waals surface area contributed by atoms with Crippen molar-refractivity contribution in [2.45, 2.75) is 0 Å². The van der Waals surface area contributed by atoms with Gasteiger partial charge in [-0.15, -0.1) is 0 Å². The van der Waals surface area contributed by atoms with E-state index in [1.807, 2.05) is 6.07 Å². The minimum atomic E-state index is -0.151. The molecule has 0 fully saturated rings. The van der Waals surface area contributed by atoms with Gasteiger partial charge in [0.05, 0.1) is 10.6 Å². The highest BCUT2D eigenvalue weighted by molar-refractivity contribution is 7.21. The van der Waals surface area contributed by atoms with Crippen LogP contribution in [0.25, 0.3) is 20.9 Å². The molecule has 7 heteroatoms. The topological polar surface area (TPSA) is 82.7 Å². The van der Waals surface area contributed by atoms with Crippen LogP contribution < -0.4 is 0 Å². The second-order valence-corrected chi connectivity index (χ2v) is 5.06. The van der Waals surface area contributed by atoms with Gasteiger partial charge in [-0.2, -0.15) is 10.2 Å². The summed E-state index contributed by atoms with van der Waals surface area (Å²) in [6, 6.07) is 7.09. The van der Waals surface area contributed by atoms with Crippen LogP contribution in [0.3, 0.4) is 0 Å². The monoisotopic (exact) mass is 288 g/mol. The Labute approximate surface area is 116 Å². The summed E-state index contributed by atoms with van der Waals surface area (Å²) in [4.78, 5) is 12.6. The second-order valence-electron chi connectivity index (χ2n) is 3.68. The van der Waals surface area contributed by atoms with Crippen molar-refractivity contribution in [1.29, 1.82) is 5.26 Å². The highest BCUT2D eigenvalue weighted by Crippen LogP contribution is 2.33. The predicted molar refractivity (Wildman–Crippen MR) is 72.0 cm³/mol. The van der Waals surface area contributed by atoms with Crippen LogP contribution in [0.15, 0.2) is 24.5 Å². The zero-order valence-corrected chi connectivity index (χ0v) is 10.9. The van der Waals surface area contributed by atoms with Gasteiger partial charge in [-0.1, -0.05) is 29.0 Å². The maximum atomic E-state index is 9.60. The standard InChI is InChI=1S/C12H5ClN4OS/c13-8-2-1-6(3-7(8)4-14)11-17-9-10(18)15-5-16-12(9)19-11/h1-3,5H,(H,15,16,18). The lowest BCUT2D eigenvalue weighted by Gasteiger charge is -1.98. The molecule has 0 radical (unpaired) electrons. The lowest BCUT2D eigenvalue weighted by molar-refractivity contribution is 0.458. The third-order valence-corrected chi connectivity index (χ3v) is 3.85. The molecule has 1 aromatic carbocycles. The molecule has 0 amide bonds. The Morgan fingerprint density at radius 1 is 1.32 bits per heavy atom. The number of nitrogens with zero attached hydrogens (tertiary/aromatic N) is 4. The Kier molecular flexibility index (Phi) is 2.78. The van der Waals surface area contributed by atoms with Crippen LogP contribution in [0.2, 0.25) is 5.02 Å². The zero-order chi connectivity index (χ0) is 13.4. The SMILES string of the molecule is N#Cc1cc(-c2nc3c(O)ncnc3s2)ccc1Cl. The van der Waals surface area contributed by atoms with Gasteiger partial charge in [0.15, 0.2) is 10.3 Å². The molecule has 0 aliphatic carbocycles. The Bertz CT molecular complexity index is 824. The number of halogens is 1. The fourth-order valence-corrected chi connectivity index (χ4v) is 2.67. The van der Waals surface area contributed by atoms with Crippen LogP contribution in [0, 0.1) is 11.3 Å². The molecule has 0 atom stereocenters. The van der Waals surface area contributed by atoms with Crippen molar-refractivity contribution in [2.24, 2.45) is 0 Å². The minimum Gasteiger partial charge on any atom is -0.492 e. The smallest absolute Gasteiger partial charge is 0.242 e. The van der Waals surface area contributed by atoms with Gasteiger partial charge in [0.2, 0.25) is 5.88 Å². The maximum Gasteiger partial charge on any atom is 0.242 e. The first-order chi connectivity index (χ1) is 9.19. The Morgan fingerprint density at radius 3 is 2.89 bits per heavy atom. The average Bonchev–Trinajstić information content (AvgIpc) is 2.85. The Balaban J connectivity index is 2.20. The molecule has 0 unspecified atom stereocenters. The van der Waals surface area contributed by atoms with E-state index >= 15 is 0 Å². The molecule has 0 saturated carbocycles. The lowest BCUT2D eigenvalue weighted by Crippen LogP contribution is -1.82. The molecule has 3 rings (SSSR count). The van der Waals surface area contributed by atoms with E-state index in [4.69, 9.17) is 16.9 Å². The van der Waals surface area contributed by atoms with Gasteiger partial charge in [-0.3, -0.25) is 0 Å². The van der Waals surface area contributed by atoms with E-state index in [9.17, 15) is 5.11 Å². The highest BCUT2D eigenvalue weighted by atomic mass is 35.5. The summed E-state index contributed by atoms with van der Waals surface area (Å²) in [7, 11) is 0. The van der Waals surface area contributed by atoms with E-state index in [1.54, 1.807) is 18.2 Å². The molecule has 2 heterocycles. The Hall–Kier alpha value is -2.23. The summed E-state index contributed by atoms with van der Waals surface area (Å²) in [6.07, 6.45) is 1.28. The quantitative estimate of drug-likeness (QED) is 0.744. The Morgan fingerprint density at radius 2 is 2.16 bits per heavy atom. The van der Waals surface area contributed by atoms with E-state index in [-0.39, 0.29) is 5.88 Å². The number of aromatic nitrogens is 3. The van der Waals surface area contributed by atoms with Crippen molar-refractivity contribution in [3.05, 3.63) is 35.1 Å². The largest absolute Gasteiger partial charge is 0.492 e. The number of fused-ring (bicyclic) bond motifs is 1. The van der Waals surface area contributed by atoms with Crippen LogP contribution in [0.4, 0.5) is 0 Å². The van der Waals surface area contributed by atoms with Gasteiger partial charge < -0.3 is 5.11 Å². The highest BCUT2D eigenvalue weighted by Gasteiger charge is 2.12. The molecule has 0 spiro atoms. The van der Waals surface area contributed by atoms with Crippen LogP contribution in [-0.4, -0.2) is 20.1 Å². The van der Waals surface area contributed by atoms with Crippen LogP contribution in [0.5, 0.6) is 5.88 Å². The first-order valence-corrected chi connectivity index (χ1v) is 6.39. The summed E-state index contributed by atoms with van der Waals surface area (Å²) in [5.41, 5.74) is 1.49. The van der Waals surface area contributed by atoms with Gasteiger partial charge >= 0.3 is 0 Å². The molecule has 0 aliphatic heterocycles. The van der Waals surface area contributed by atoms with E-state index in [0.717, 1.165) is 5.56 Å². The van der Waals surface area contributed by atoms with Gasteiger partial charge in [-0.25, -0.2) is 9.97 Å². The molecule has 0 bridgehead atoms. The summed E-state index contributed by atoms with van der Waals surface area (Å²) in [6.45, 7) is 0. The van der Waals surface area contributed by atoms with Crippen molar-refractivity contribution >= 4 is 33.3 Å². The van der Waals surface area contributed by atoms with Gasteiger partial charge in [0, 0.05) is 5.56 Å². The van der Waals surface area contributed by atoms with Crippen LogP contribution >= 0.6 is 22.9 Å². The summed E-state index contributed by atoms with van der Waals surface area (Å²) in [5, 5.41) is 19.6. The molecule has 0 aliphatic rings. The molecule has 19 heavy (non-hydrogen) atoms. The number of benzene rings is 1. The average molecular weight is 289 g/mol. The number of nitriles is 1. The summed E-state index contributed by atoms with van der Waals surface area (Å²) < 4.78 is 0. The first kappa shape index (κ1) is 11.8. The van der Waals surface area contributed by atoms with E-state index in [2.05, 4.69) is 15.0 Å². The molecule has 92 valence electrons. The van der Waals surface area contributed by atoms with Crippen molar-refractivity contribution in [1.82, 2.24) is 15.0 Å². The summed E-state index contributed by atoms with van der Waals surface area (Å²) in [5.74, 6) is -0.151. The van der Waals surface area contributed by atoms with Crippen LogP contribution in [-0.2, 0) is 0 Å². The third kappa shape index (κ3) is 1.99. The van der Waals surface area contributed by atoms with Crippen molar-refractivity contribution in [3.8, 4) is 22.5 Å². The molecule has 3 aromatic rings. The number of aromatic hydroxyl groups is 1. The van der Waals surface area contributed by atoms with Gasteiger partial charge in [0.25, 0.3) is 0 Å². The van der Waals surface area contributed by atoms with Gasteiger partial charge in [-0.05, 0) is 12.1 Å². The lowest BCUT2D eigenvalue weighted by atomic mass is 10.1. The molecule has 5 nitrogen and oxygen atoms in total. The maximum absolute atomic E-state index is 9.60. The third-order valence-electron chi connectivity index (χ3n) is 2.51. The number of hydrogen-bond donors (Lipinski definition) is 1. The minimum absolute atomic E-state index is 0.151. The van der Waals surface area contributed by atoms with Gasteiger partial charge in [0.1, 0.15) is 17.4 Å². The molecule has 2 aromatic heterocycles. The number of thiazole rings is 1. The number of hydrogen-bond acceptors (Lipinski definition) is 6. The molecular weight excluding hydrogens is 284 g/mol.